The van der Waals surface area contributed by atoms with Crippen molar-refractivity contribution in [1.82, 2.24) is 30.4 Å². The van der Waals surface area contributed by atoms with Crippen molar-refractivity contribution in [3.8, 4) is 11.4 Å². The highest BCUT2D eigenvalue weighted by Crippen LogP contribution is 2.40. The summed E-state index contributed by atoms with van der Waals surface area (Å²) >= 11 is 1.30. The number of carbonyl (C=O) groups excluding carboxylic acids is 2. The van der Waals surface area contributed by atoms with Gasteiger partial charge in [0.15, 0.2) is 11.0 Å². The lowest BCUT2D eigenvalue weighted by atomic mass is 9.86. The third-order valence-corrected chi connectivity index (χ3v) is 6.45. The van der Waals surface area contributed by atoms with E-state index in [1.54, 1.807) is 12.4 Å². The number of nitrogens with one attached hydrogen (secondary N) is 2. The maximum Gasteiger partial charge on any atom is 0.321 e. The average molecular weight is 415 g/mol. The molecule has 0 aromatic carbocycles. The molecule has 0 bridgehead atoms. The van der Waals surface area contributed by atoms with Crippen molar-refractivity contribution >= 4 is 23.7 Å². The van der Waals surface area contributed by atoms with Crippen LogP contribution in [0.3, 0.4) is 0 Å². The molecule has 2 fully saturated rings. The van der Waals surface area contributed by atoms with E-state index in [-0.39, 0.29) is 17.7 Å². The van der Waals surface area contributed by atoms with Crippen LogP contribution >= 0.6 is 11.8 Å². The lowest BCUT2D eigenvalue weighted by Crippen LogP contribution is -2.48. The monoisotopic (exact) mass is 414 g/mol. The van der Waals surface area contributed by atoms with Gasteiger partial charge in [0.1, 0.15) is 0 Å². The van der Waals surface area contributed by atoms with E-state index in [1.807, 2.05) is 12.1 Å². The molecule has 29 heavy (non-hydrogen) atoms. The third kappa shape index (κ3) is 4.95. The molecule has 2 aromatic heterocycles. The molecule has 0 radical (unpaired) electrons. The quantitative estimate of drug-likeness (QED) is 0.704. The Bertz CT molecular complexity index is 867. The minimum atomic E-state index is -0.408. The van der Waals surface area contributed by atoms with Crippen LogP contribution in [0.5, 0.6) is 0 Å². The average Bonchev–Trinajstić information content (AvgIpc) is 3.47. The Labute approximate surface area is 174 Å². The summed E-state index contributed by atoms with van der Waals surface area (Å²) in [5.74, 6) is 1.00. The van der Waals surface area contributed by atoms with Crippen LogP contribution in [0.4, 0.5) is 4.79 Å². The Morgan fingerprint density at radius 1 is 1.21 bits per heavy atom. The number of urea groups is 1. The van der Waals surface area contributed by atoms with Crippen LogP contribution in [0.1, 0.15) is 51.5 Å². The molecule has 2 N–H and O–H groups in total. The van der Waals surface area contributed by atoms with Crippen LogP contribution in [-0.2, 0) is 4.79 Å². The summed E-state index contributed by atoms with van der Waals surface area (Å²) < 4.78 is 2.08. The molecule has 0 saturated heterocycles. The number of pyridine rings is 1. The number of amides is 3. The first kappa shape index (κ1) is 19.9. The van der Waals surface area contributed by atoms with Crippen LogP contribution in [0.2, 0.25) is 0 Å². The van der Waals surface area contributed by atoms with Crippen molar-refractivity contribution in [3.05, 3.63) is 24.5 Å². The van der Waals surface area contributed by atoms with Crippen LogP contribution in [-0.4, -0.2) is 43.5 Å². The Kier molecular flexibility index (Phi) is 6.13. The van der Waals surface area contributed by atoms with Crippen LogP contribution in [0.25, 0.3) is 11.4 Å². The van der Waals surface area contributed by atoms with Gasteiger partial charge >= 0.3 is 6.03 Å². The number of hydrogen-bond acceptors (Lipinski definition) is 6. The first-order valence-electron chi connectivity index (χ1n) is 10.2. The summed E-state index contributed by atoms with van der Waals surface area (Å²) in [4.78, 5) is 28.6. The van der Waals surface area contributed by atoms with E-state index in [0.717, 1.165) is 43.5 Å². The van der Waals surface area contributed by atoms with E-state index in [1.165, 1.54) is 18.2 Å². The Hall–Kier alpha value is -2.42. The highest BCUT2D eigenvalue weighted by Gasteiger charge is 2.30. The maximum atomic E-state index is 12.3. The van der Waals surface area contributed by atoms with Crippen LogP contribution < -0.4 is 10.6 Å². The second kappa shape index (κ2) is 8.94. The minimum absolute atomic E-state index is 0.117. The molecule has 2 saturated carbocycles. The van der Waals surface area contributed by atoms with Gasteiger partial charge in [-0.05, 0) is 43.7 Å². The van der Waals surface area contributed by atoms with Gasteiger partial charge in [-0.2, -0.15) is 0 Å². The summed E-state index contributed by atoms with van der Waals surface area (Å²) in [6.07, 6.45) is 10.1. The molecule has 4 rings (SSSR count). The number of thioether (sulfide) groups is 1. The molecule has 2 aliphatic carbocycles. The second-order valence-electron chi connectivity index (χ2n) is 7.83. The summed E-state index contributed by atoms with van der Waals surface area (Å²) in [5, 5.41) is 14.7. The molecule has 0 aliphatic heterocycles. The molecule has 9 heteroatoms. The maximum absolute atomic E-state index is 12.3. The zero-order valence-electron chi connectivity index (χ0n) is 16.5. The molecule has 0 unspecified atom stereocenters. The largest absolute Gasteiger partial charge is 0.335 e. The summed E-state index contributed by atoms with van der Waals surface area (Å²) in [6, 6.07) is 3.92. The lowest BCUT2D eigenvalue weighted by Gasteiger charge is -2.29. The smallest absolute Gasteiger partial charge is 0.321 e. The molecule has 8 nitrogen and oxygen atoms in total. The van der Waals surface area contributed by atoms with Gasteiger partial charge in [0, 0.05) is 30.0 Å². The number of imide groups is 1. The van der Waals surface area contributed by atoms with Gasteiger partial charge in [0.2, 0.25) is 5.91 Å². The van der Waals surface area contributed by atoms with Gasteiger partial charge in [-0.15, -0.1) is 10.2 Å². The highest BCUT2D eigenvalue weighted by molar-refractivity contribution is 7.99. The SMILES string of the molecule is C[C@@H]1CCCC[C@@H]1NC(=O)NC(=O)CSc1nnc(-c2cccnc2)n1C1CC1. The molecule has 2 heterocycles. The zero-order valence-corrected chi connectivity index (χ0v) is 17.3. The standard InChI is InChI=1S/C20H26N6O2S/c1-13-5-2-3-7-16(13)22-19(28)23-17(27)12-29-20-25-24-18(26(20)15-8-9-15)14-6-4-10-21-11-14/h4,6,10-11,13,15-16H,2-3,5,7-9,12H2,1H3,(H2,22,23,27,28)/t13-,16+/m1/s1. The molecular formula is C20H26N6O2S. The van der Waals surface area contributed by atoms with Crippen molar-refractivity contribution in [1.29, 1.82) is 0 Å². The van der Waals surface area contributed by atoms with E-state index >= 15 is 0 Å². The predicted octanol–water partition coefficient (Wildman–Crippen LogP) is 3.17. The van der Waals surface area contributed by atoms with Crippen molar-refractivity contribution in [2.24, 2.45) is 5.92 Å². The topological polar surface area (TPSA) is 102 Å². The molecule has 2 aromatic rings. The fourth-order valence-corrected chi connectivity index (χ4v) is 4.56. The number of aromatic nitrogens is 4. The van der Waals surface area contributed by atoms with Gasteiger partial charge in [-0.1, -0.05) is 31.5 Å². The van der Waals surface area contributed by atoms with E-state index in [9.17, 15) is 9.59 Å². The first-order valence-corrected chi connectivity index (χ1v) is 11.2. The molecule has 3 amide bonds. The van der Waals surface area contributed by atoms with Gasteiger partial charge in [-0.3, -0.25) is 19.7 Å². The first-order chi connectivity index (χ1) is 14.1. The van der Waals surface area contributed by atoms with Gasteiger partial charge in [0.25, 0.3) is 0 Å². The number of rotatable bonds is 6. The Balaban J connectivity index is 1.33. The van der Waals surface area contributed by atoms with Crippen molar-refractivity contribution in [3.63, 3.8) is 0 Å². The summed E-state index contributed by atoms with van der Waals surface area (Å²) in [6.45, 7) is 2.15. The van der Waals surface area contributed by atoms with Crippen molar-refractivity contribution in [2.45, 2.75) is 62.7 Å². The molecule has 154 valence electrons. The predicted molar refractivity (Wildman–Crippen MR) is 110 cm³/mol. The van der Waals surface area contributed by atoms with E-state index in [0.29, 0.717) is 17.1 Å². The van der Waals surface area contributed by atoms with Gasteiger partial charge < -0.3 is 5.32 Å². The van der Waals surface area contributed by atoms with Crippen molar-refractivity contribution < 1.29 is 9.59 Å². The number of nitrogens with zero attached hydrogens (tertiary/aromatic N) is 4. The zero-order chi connectivity index (χ0) is 20.2. The third-order valence-electron chi connectivity index (χ3n) is 5.51. The van der Waals surface area contributed by atoms with Crippen molar-refractivity contribution in [2.75, 3.05) is 5.75 Å². The Morgan fingerprint density at radius 2 is 2.03 bits per heavy atom. The van der Waals surface area contributed by atoms with Gasteiger partial charge in [-0.25, -0.2) is 4.79 Å². The number of carbonyl (C=O) groups is 2. The Morgan fingerprint density at radius 3 is 2.76 bits per heavy atom. The number of hydrogen-bond donors (Lipinski definition) is 2. The van der Waals surface area contributed by atoms with Crippen LogP contribution in [0.15, 0.2) is 29.7 Å². The summed E-state index contributed by atoms with van der Waals surface area (Å²) in [7, 11) is 0. The molecular weight excluding hydrogens is 388 g/mol. The van der Waals surface area contributed by atoms with E-state index < -0.39 is 6.03 Å². The molecule has 2 aliphatic rings. The molecule has 2 atom stereocenters. The van der Waals surface area contributed by atoms with E-state index in [2.05, 4.69) is 37.3 Å². The van der Waals surface area contributed by atoms with Gasteiger partial charge in [0.05, 0.1) is 5.75 Å². The molecule has 0 spiro atoms. The lowest BCUT2D eigenvalue weighted by molar-refractivity contribution is -0.117. The normalized spacial score (nSPS) is 21.6. The minimum Gasteiger partial charge on any atom is -0.335 e. The fourth-order valence-electron chi connectivity index (χ4n) is 3.76. The fraction of sp³-hybridized carbons (Fsp3) is 0.550. The second-order valence-corrected chi connectivity index (χ2v) is 8.77. The highest BCUT2D eigenvalue weighted by atomic mass is 32.2. The van der Waals surface area contributed by atoms with E-state index in [4.69, 9.17) is 0 Å². The summed E-state index contributed by atoms with van der Waals surface area (Å²) in [5.41, 5.74) is 0.907. The van der Waals surface area contributed by atoms with Crippen LogP contribution in [0, 0.1) is 5.92 Å².